The molecule has 2 aliphatic heterocycles. The molecular weight excluding hydrogens is 306 g/mol. The average molecular weight is 331 g/mol. The van der Waals surface area contributed by atoms with E-state index in [0.717, 1.165) is 37.4 Å². The van der Waals surface area contributed by atoms with Gasteiger partial charge in [-0.05, 0) is 19.8 Å². The summed E-state index contributed by atoms with van der Waals surface area (Å²) in [6.45, 7) is 4.00. The van der Waals surface area contributed by atoms with E-state index in [1.54, 1.807) is 18.3 Å². The molecule has 0 spiro atoms. The Balaban J connectivity index is 1.56. The Hall–Kier alpha value is -2.18. The fourth-order valence-electron chi connectivity index (χ4n) is 3.58. The van der Waals surface area contributed by atoms with E-state index in [4.69, 9.17) is 0 Å². The minimum absolute atomic E-state index is 0.0714. The van der Waals surface area contributed by atoms with Gasteiger partial charge in [-0.15, -0.1) is 0 Å². The molecule has 1 aromatic rings. The zero-order valence-corrected chi connectivity index (χ0v) is 14.6. The third-order valence-electron chi connectivity index (χ3n) is 5.16. The molecule has 7 heteroatoms. The summed E-state index contributed by atoms with van der Waals surface area (Å²) in [5.41, 5.74) is 0.953. The lowest BCUT2D eigenvalue weighted by molar-refractivity contribution is -0.136. The van der Waals surface area contributed by atoms with Crippen molar-refractivity contribution >= 4 is 17.6 Å². The molecule has 2 aliphatic rings. The molecule has 1 unspecified atom stereocenters. The molecule has 0 radical (unpaired) electrons. The molecule has 2 fully saturated rings. The first kappa shape index (κ1) is 16.7. The number of aromatic nitrogens is 2. The molecule has 0 saturated carbocycles. The van der Waals surface area contributed by atoms with Gasteiger partial charge in [0.25, 0.3) is 0 Å². The van der Waals surface area contributed by atoms with Crippen molar-refractivity contribution in [3.63, 3.8) is 0 Å². The number of hydrogen-bond donors (Lipinski definition) is 0. The predicted molar refractivity (Wildman–Crippen MR) is 90.5 cm³/mol. The summed E-state index contributed by atoms with van der Waals surface area (Å²) >= 11 is 0. The number of carbonyl (C=O) groups is 2. The SMILES string of the molecule is Cc1cc(N(C)C2CCN(C(=O)C3CC(=O)N(C)C3)CC2)ncn1. The summed E-state index contributed by atoms with van der Waals surface area (Å²) in [7, 11) is 3.81. The first-order valence-corrected chi connectivity index (χ1v) is 8.50. The van der Waals surface area contributed by atoms with Gasteiger partial charge in [0.15, 0.2) is 0 Å². The van der Waals surface area contributed by atoms with E-state index in [0.29, 0.717) is 19.0 Å². The molecule has 2 amide bonds. The molecule has 7 nitrogen and oxygen atoms in total. The lowest BCUT2D eigenvalue weighted by atomic mass is 10.0. The first-order valence-electron chi connectivity index (χ1n) is 8.50. The molecule has 24 heavy (non-hydrogen) atoms. The molecule has 0 aromatic carbocycles. The van der Waals surface area contributed by atoms with Gasteiger partial charge in [-0.2, -0.15) is 0 Å². The van der Waals surface area contributed by atoms with Crippen LogP contribution < -0.4 is 4.90 Å². The van der Waals surface area contributed by atoms with Gasteiger partial charge in [-0.25, -0.2) is 9.97 Å². The Morgan fingerprint density at radius 3 is 2.58 bits per heavy atom. The average Bonchev–Trinajstić information content (AvgIpc) is 2.93. The van der Waals surface area contributed by atoms with Crippen molar-refractivity contribution in [2.45, 2.75) is 32.2 Å². The molecule has 2 saturated heterocycles. The highest BCUT2D eigenvalue weighted by Gasteiger charge is 2.36. The molecule has 0 aliphatic carbocycles. The van der Waals surface area contributed by atoms with Crippen LogP contribution in [-0.4, -0.2) is 71.4 Å². The number of hydrogen-bond acceptors (Lipinski definition) is 5. The largest absolute Gasteiger partial charge is 0.356 e. The molecule has 1 aromatic heterocycles. The highest BCUT2D eigenvalue weighted by molar-refractivity contribution is 5.89. The number of nitrogens with zero attached hydrogens (tertiary/aromatic N) is 5. The molecule has 3 heterocycles. The number of rotatable bonds is 3. The minimum atomic E-state index is -0.165. The predicted octanol–water partition coefficient (Wildman–Crippen LogP) is 0.691. The molecule has 3 rings (SSSR count). The van der Waals surface area contributed by atoms with Crippen molar-refractivity contribution in [1.82, 2.24) is 19.8 Å². The second kappa shape index (κ2) is 6.75. The second-order valence-corrected chi connectivity index (χ2v) is 6.86. The summed E-state index contributed by atoms with van der Waals surface area (Å²) < 4.78 is 0. The number of aryl methyl sites for hydroxylation is 1. The maximum absolute atomic E-state index is 12.6. The highest BCUT2D eigenvalue weighted by atomic mass is 16.2. The number of carbonyl (C=O) groups excluding carboxylic acids is 2. The van der Waals surface area contributed by atoms with Crippen LogP contribution in [0, 0.1) is 12.8 Å². The van der Waals surface area contributed by atoms with Crippen molar-refractivity contribution in [1.29, 1.82) is 0 Å². The van der Waals surface area contributed by atoms with E-state index >= 15 is 0 Å². The Kier molecular flexibility index (Phi) is 4.69. The van der Waals surface area contributed by atoms with Crippen LogP contribution in [0.25, 0.3) is 0 Å². The van der Waals surface area contributed by atoms with Gasteiger partial charge in [0.05, 0.1) is 5.92 Å². The zero-order valence-electron chi connectivity index (χ0n) is 14.6. The van der Waals surface area contributed by atoms with Crippen molar-refractivity contribution in [3.8, 4) is 0 Å². The van der Waals surface area contributed by atoms with Crippen molar-refractivity contribution < 1.29 is 9.59 Å². The molecule has 1 atom stereocenters. The van der Waals surface area contributed by atoms with Crippen molar-refractivity contribution in [2.75, 3.05) is 38.6 Å². The summed E-state index contributed by atoms with van der Waals surface area (Å²) in [5.74, 6) is 0.963. The van der Waals surface area contributed by atoms with Crippen molar-refractivity contribution in [2.24, 2.45) is 5.92 Å². The van der Waals surface area contributed by atoms with E-state index < -0.39 is 0 Å². The molecule has 0 N–H and O–H groups in total. The summed E-state index contributed by atoms with van der Waals surface area (Å²) in [4.78, 5) is 38.5. The van der Waals surface area contributed by atoms with Crippen LogP contribution >= 0.6 is 0 Å². The number of anilines is 1. The first-order chi connectivity index (χ1) is 11.5. The third-order valence-corrected chi connectivity index (χ3v) is 5.16. The standard InChI is InChI=1S/C17H25N5O2/c1-12-8-15(19-11-18-12)21(3)14-4-6-22(7-5-14)17(24)13-9-16(23)20(2)10-13/h8,11,13-14H,4-7,9-10H2,1-3H3. The van der Waals surface area contributed by atoms with Crippen LogP contribution in [0.4, 0.5) is 5.82 Å². The number of piperidine rings is 1. The van der Waals surface area contributed by atoms with Crippen LogP contribution in [0.3, 0.4) is 0 Å². The fourth-order valence-corrected chi connectivity index (χ4v) is 3.58. The summed E-state index contributed by atoms with van der Waals surface area (Å²) in [6.07, 6.45) is 3.78. The van der Waals surface area contributed by atoms with Crippen LogP contribution in [-0.2, 0) is 9.59 Å². The highest BCUT2D eigenvalue weighted by Crippen LogP contribution is 2.24. The van der Waals surface area contributed by atoms with E-state index in [9.17, 15) is 9.59 Å². The fraction of sp³-hybridized carbons (Fsp3) is 0.647. The maximum atomic E-state index is 12.6. The quantitative estimate of drug-likeness (QED) is 0.815. The van der Waals surface area contributed by atoms with Crippen LogP contribution in [0.5, 0.6) is 0 Å². The third kappa shape index (κ3) is 3.34. The lowest BCUT2D eigenvalue weighted by Crippen LogP contribution is -2.47. The van der Waals surface area contributed by atoms with Crippen LogP contribution in [0.15, 0.2) is 12.4 Å². The van der Waals surface area contributed by atoms with E-state index in [1.165, 1.54) is 0 Å². The Morgan fingerprint density at radius 1 is 1.29 bits per heavy atom. The van der Waals surface area contributed by atoms with Gasteiger partial charge in [0, 0.05) is 58.0 Å². The monoisotopic (exact) mass is 331 g/mol. The zero-order chi connectivity index (χ0) is 17.3. The smallest absolute Gasteiger partial charge is 0.227 e. The van der Waals surface area contributed by atoms with E-state index in [2.05, 4.69) is 21.9 Å². The lowest BCUT2D eigenvalue weighted by Gasteiger charge is -2.38. The van der Waals surface area contributed by atoms with Crippen LogP contribution in [0.1, 0.15) is 25.0 Å². The van der Waals surface area contributed by atoms with E-state index in [1.807, 2.05) is 17.9 Å². The van der Waals surface area contributed by atoms with Gasteiger partial charge in [0.1, 0.15) is 12.1 Å². The Labute approximate surface area is 142 Å². The van der Waals surface area contributed by atoms with Gasteiger partial charge in [-0.1, -0.05) is 0 Å². The second-order valence-electron chi connectivity index (χ2n) is 6.86. The normalized spacial score (nSPS) is 22.1. The minimum Gasteiger partial charge on any atom is -0.356 e. The maximum Gasteiger partial charge on any atom is 0.227 e. The molecule has 130 valence electrons. The summed E-state index contributed by atoms with van der Waals surface area (Å²) in [6, 6.07) is 2.36. The molecular formula is C17H25N5O2. The number of likely N-dealkylation sites (tertiary alicyclic amines) is 2. The Bertz CT molecular complexity index is 627. The summed E-state index contributed by atoms with van der Waals surface area (Å²) in [5, 5.41) is 0. The van der Waals surface area contributed by atoms with Crippen LogP contribution in [0.2, 0.25) is 0 Å². The van der Waals surface area contributed by atoms with E-state index in [-0.39, 0.29) is 17.7 Å². The van der Waals surface area contributed by atoms with Gasteiger partial charge >= 0.3 is 0 Å². The molecule has 0 bridgehead atoms. The van der Waals surface area contributed by atoms with Gasteiger partial charge < -0.3 is 14.7 Å². The van der Waals surface area contributed by atoms with Gasteiger partial charge in [-0.3, -0.25) is 9.59 Å². The Morgan fingerprint density at radius 2 is 2.00 bits per heavy atom. The van der Waals surface area contributed by atoms with Gasteiger partial charge in [0.2, 0.25) is 11.8 Å². The topological polar surface area (TPSA) is 69.6 Å². The number of amides is 2. The van der Waals surface area contributed by atoms with Crippen molar-refractivity contribution in [3.05, 3.63) is 18.1 Å².